The Labute approximate surface area is 102 Å². The molecule has 0 amide bonds. The maximum atomic E-state index is 11.9. The monoisotopic (exact) mass is 248 g/mol. The third-order valence-electron chi connectivity index (χ3n) is 2.60. The predicted octanol–water partition coefficient (Wildman–Crippen LogP) is 0.575. The molecule has 2 aromatic heterocycles. The van der Waals surface area contributed by atoms with Gasteiger partial charge in [-0.1, -0.05) is 0 Å². The fourth-order valence-corrected chi connectivity index (χ4v) is 1.64. The first-order chi connectivity index (χ1) is 8.59. The van der Waals surface area contributed by atoms with Gasteiger partial charge in [-0.05, 0) is 19.1 Å². The third kappa shape index (κ3) is 2.32. The molecule has 0 aliphatic rings. The highest BCUT2D eigenvalue weighted by Gasteiger charge is 2.11. The maximum Gasteiger partial charge on any atom is 0.328 e. The number of carbonyl (C=O) groups is 1. The van der Waals surface area contributed by atoms with E-state index in [4.69, 9.17) is 4.42 Å². The van der Waals surface area contributed by atoms with Crippen LogP contribution >= 0.6 is 0 Å². The lowest BCUT2D eigenvalue weighted by molar-refractivity contribution is 0.101. The van der Waals surface area contributed by atoms with E-state index in [2.05, 4.69) is 4.98 Å². The molecule has 0 atom stereocenters. The van der Waals surface area contributed by atoms with Gasteiger partial charge in [0.2, 0.25) is 0 Å². The molecule has 0 fully saturated rings. The van der Waals surface area contributed by atoms with Crippen LogP contribution in [0.2, 0.25) is 0 Å². The lowest BCUT2D eigenvalue weighted by atomic mass is 10.2. The zero-order valence-electron chi connectivity index (χ0n) is 9.80. The van der Waals surface area contributed by atoms with E-state index in [1.807, 2.05) is 0 Å². The molecule has 1 N–H and O–H groups in total. The Hall–Kier alpha value is -2.37. The van der Waals surface area contributed by atoms with Gasteiger partial charge in [-0.3, -0.25) is 14.2 Å². The second kappa shape index (κ2) is 4.87. The second-order valence-electron chi connectivity index (χ2n) is 3.85. The largest absolute Gasteiger partial charge is 0.469 e. The Morgan fingerprint density at radius 2 is 2.22 bits per heavy atom. The molecule has 18 heavy (non-hydrogen) atoms. The summed E-state index contributed by atoms with van der Waals surface area (Å²) >= 11 is 0. The van der Waals surface area contributed by atoms with Gasteiger partial charge in [0.05, 0.1) is 11.8 Å². The van der Waals surface area contributed by atoms with E-state index in [0.717, 1.165) is 10.8 Å². The Bertz CT molecular complexity index is 664. The van der Waals surface area contributed by atoms with Gasteiger partial charge in [-0.15, -0.1) is 0 Å². The lowest BCUT2D eigenvalue weighted by Gasteiger charge is -2.04. The molecule has 2 aromatic rings. The first-order valence-electron chi connectivity index (χ1n) is 5.45. The van der Waals surface area contributed by atoms with Crippen molar-refractivity contribution in [1.29, 1.82) is 0 Å². The minimum absolute atomic E-state index is 0.0194. The van der Waals surface area contributed by atoms with Crippen LogP contribution in [0.3, 0.4) is 0 Å². The van der Waals surface area contributed by atoms with Gasteiger partial charge in [0, 0.05) is 19.2 Å². The SMILES string of the molecule is CC(=O)c1c[nH]c(=O)n(CCc2ccco2)c1=O. The Kier molecular flexibility index (Phi) is 3.27. The number of aromatic amines is 1. The Morgan fingerprint density at radius 1 is 1.44 bits per heavy atom. The Balaban J connectivity index is 2.32. The van der Waals surface area contributed by atoms with Crippen molar-refractivity contribution in [3.63, 3.8) is 0 Å². The third-order valence-corrected chi connectivity index (χ3v) is 2.60. The van der Waals surface area contributed by atoms with Gasteiger partial charge in [0.25, 0.3) is 5.56 Å². The van der Waals surface area contributed by atoms with Crippen molar-refractivity contribution in [3.8, 4) is 0 Å². The van der Waals surface area contributed by atoms with Crippen LogP contribution in [-0.2, 0) is 13.0 Å². The summed E-state index contributed by atoms with van der Waals surface area (Å²) in [7, 11) is 0. The number of nitrogens with one attached hydrogen (secondary N) is 1. The molecule has 0 saturated carbocycles. The van der Waals surface area contributed by atoms with Crippen LogP contribution < -0.4 is 11.2 Å². The smallest absolute Gasteiger partial charge is 0.328 e. The lowest BCUT2D eigenvalue weighted by Crippen LogP contribution is -2.38. The molecule has 0 aliphatic carbocycles. The standard InChI is InChI=1S/C12H12N2O4/c1-8(15)10-7-13-12(17)14(11(10)16)5-4-9-3-2-6-18-9/h2-3,6-7H,4-5H2,1H3,(H,13,17). The molecule has 2 rings (SSSR count). The van der Waals surface area contributed by atoms with E-state index in [-0.39, 0.29) is 17.9 Å². The van der Waals surface area contributed by atoms with Crippen LogP contribution in [0.15, 0.2) is 38.6 Å². The van der Waals surface area contributed by atoms with E-state index >= 15 is 0 Å². The van der Waals surface area contributed by atoms with Gasteiger partial charge in [-0.2, -0.15) is 0 Å². The van der Waals surface area contributed by atoms with Crippen molar-refractivity contribution < 1.29 is 9.21 Å². The quantitative estimate of drug-likeness (QED) is 0.802. The van der Waals surface area contributed by atoms with Crippen molar-refractivity contribution in [3.05, 3.63) is 56.8 Å². The number of rotatable bonds is 4. The minimum atomic E-state index is -0.571. The molecule has 6 nitrogen and oxygen atoms in total. The van der Waals surface area contributed by atoms with E-state index < -0.39 is 11.2 Å². The highest BCUT2D eigenvalue weighted by Crippen LogP contribution is 2.01. The van der Waals surface area contributed by atoms with Crippen LogP contribution in [0.25, 0.3) is 0 Å². The first kappa shape index (κ1) is 12.1. The molecule has 0 aliphatic heterocycles. The highest BCUT2D eigenvalue weighted by molar-refractivity contribution is 5.93. The van der Waals surface area contributed by atoms with Crippen molar-refractivity contribution in [2.24, 2.45) is 0 Å². The van der Waals surface area contributed by atoms with E-state index in [0.29, 0.717) is 12.2 Å². The molecular formula is C12H12N2O4. The minimum Gasteiger partial charge on any atom is -0.469 e. The summed E-state index contributed by atoms with van der Waals surface area (Å²) in [6.07, 6.45) is 3.09. The zero-order valence-corrected chi connectivity index (χ0v) is 9.80. The topological polar surface area (TPSA) is 85.1 Å². The molecule has 0 spiro atoms. The summed E-state index contributed by atoms with van der Waals surface area (Å²) in [6.45, 7) is 1.45. The molecular weight excluding hydrogens is 236 g/mol. The Morgan fingerprint density at radius 3 is 2.83 bits per heavy atom. The molecule has 0 bridgehead atoms. The fraction of sp³-hybridized carbons (Fsp3) is 0.250. The summed E-state index contributed by atoms with van der Waals surface area (Å²) in [4.78, 5) is 37.0. The molecule has 0 aromatic carbocycles. The molecule has 94 valence electrons. The number of aromatic nitrogens is 2. The molecule has 0 saturated heterocycles. The number of hydrogen-bond donors (Lipinski definition) is 1. The summed E-state index contributed by atoms with van der Waals surface area (Å²) in [5.41, 5.74) is -1.12. The summed E-state index contributed by atoms with van der Waals surface area (Å²) < 4.78 is 6.12. The summed E-state index contributed by atoms with van der Waals surface area (Å²) in [6, 6.07) is 3.49. The van der Waals surface area contributed by atoms with Gasteiger partial charge >= 0.3 is 5.69 Å². The average molecular weight is 248 g/mol. The van der Waals surface area contributed by atoms with Crippen molar-refractivity contribution in [1.82, 2.24) is 9.55 Å². The van der Waals surface area contributed by atoms with Gasteiger partial charge < -0.3 is 9.40 Å². The van der Waals surface area contributed by atoms with Crippen LogP contribution in [-0.4, -0.2) is 15.3 Å². The summed E-state index contributed by atoms with van der Waals surface area (Å²) in [5, 5.41) is 0. The number of Topliss-reactive ketones (excluding diaryl/α,β-unsaturated/α-hetero) is 1. The molecule has 6 heteroatoms. The number of carbonyl (C=O) groups excluding carboxylic acids is 1. The van der Waals surface area contributed by atoms with Gasteiger partial charge in [0.1, 0.15) is 5.76 Å². The molecule has 2 heterocycles. The number of ketones is 1. The van der Waals surface area contributed by atoms with Crippen LogP contribution in [0.5, 0.6) is 0 Å². The molecule has 0 radical (unpaired) electrons. The normalized spacial score (nSPS) is 10.5. The van der Waals surface area contributed by atoms with Crippen LogP contribution in [0.1, 0.15) is 23.0 Å². The predicted molar refractivity (Wildman–Crippen MR) is 63.7 cm³/mol. The van der Waals surface area contributed by atoms with Crippen molar-refractivity contribution in [2.45, 2.75) is 19.9 Å². The zero-order chi connectivity index (χ0) is 13.1. The van der Waals surface area contributed by atoms with Gasteiger partial charge in [0.15, 0.2) is 5.78 Å². The maximum absolute atomic E-state index is 11.9. The van der Waals surface area contributed by atoms with Crippen molar-refractivity contribution >= 4 is 5.78 Å². The van der Waals surface area contributed by atoms with E-state index in [9.17, 15) is 14.4 Å². The second-order valence-corrected chi connectivity index (χ2v) is 3.85. The number of furan rings is 1. The first-order valence-corrected chi connectivity index (χ1v) is 5.45. The van der Waals surface area contributed by atoms with Crippen molar-refractivity contribution in [2.75, 3.05) is 0 Å². The van der Waals surface area contributed by atoms with Crippen LogP contribution in [0.4, 0.5) is 0 Å². The number of H-pyrrole nitrogens is 1. The molecule has 0 unspecified atom stereocenters. The number of aryl methyl sites for hydroxylation is 1. The van der Waals surface area contributed by atoms with Gasteiger partial charge in [-0.25, -0.2) is 4.79 Å². The number of hydrogen-bond acceptors (Lipinski definition) is 4. The van der Waals surface area contributed by atoms with Crippen LogP contribution in [0, 0.1) is 0 Å². The van der Waals surface area contributed by atoms with E-state index in [1.54, 1.807) is 12.1 Å². The number of nitrogens with zero attached hydrogens (tertiary/aromatic N) is 1. The summed E-state index contributed by atoms with van der Waals surface area (Å²) in [5.74, 6) is 0.303. The fourth-order valence-electron chi connectivity index (χ4n) is 1.64. The average Bonchev–Trinajstić information content (AvgIpc) is 2.81. The van der Waals surface area contributed by atoms with E-state index in [1.165, 1.54) is 13.2 Å². The highest BCUT2D eigenvalue weighted by atomic mass is 16.3.